The highest BCUT2D eigenvalue weighted by Gasteiger charge is 2.21. The predicted molar refractivity (Wildman–Crippen MR) is 89.0 cm³/mol. The van der Waals surface area contributed by atoms with Crippen molar-refractivity contribution >= 4 is 10.0 Å². The third kappa shape index (κ3) is 4.39. The molecule has 0 fully saturated rings. The lowest BCUT2D eigenvalue weighted by atomic mass is 10.1. The Bertz CT molecular complexity index is 700. The van der Waals surface area contributed by atoms with Crippen molar-refractivity contribution in [3.8, 4) is 0 Å². The molecule has 0 saturated heterocycles. The predicted octanol–water partition coefficient (Wildman–Crippen LogP) is 2.78. The third-order valence-corrected chi connectivity index (χ3v) is 5.65. The van der Waals surface area contributed by atoms with Crippen LogP contribution < -0.4 is 0 Å². The highest BCUT2D eigenvalue weighted by atomic mass is 32.2. The summed E-state index contributed by atoms with van der Waals surface area (Å²) >= 11 is 0. The van der Waals surface area contributed by atoms with Crippen molar-refractivity contribution in [3.05, 3.63) is 65.5 Å². The summed E-state index contributed by atoms with van der Waals surface area (Å²) in [6, 6.07) is 11.5. The summed E-state index contributed by atoms with van der Waals surface area (Å²) < 4.78 is 26.8. The van der Waals surface area contributed by atoms with Crippen LogP contribution in [0.15, 0.2) is 48.8 Å². The molecule has 0 unspecified atom stereocenters. The fourth-order valence-corrected chi connectivity index (χ4v) is 4.02. The van der Waals surface area contributed by atoms with E-state index in [0.29, 0.717) is 19.5 Å². The number of hydrogen-bond acceptors (Lipinski definition) is 3. The van der Waals surface area contributed by atoms with Crippen LogP contribution in [0.3, 0.4) is 0 Å². The van der Waals surface area contributed by atoms with Crippen molar-refractivity contribution in [2.75, 3.05) is 13.1 Å². The summed E-state index contributed by atoms with van der Waals surface area (Å²) in [6.45, 7) is 4.80. The molecular weight excluding hydrogens is 296 g/mol. The van der Waals surface area contributed by atoms with Gasteiger partial charge in [-0.05, 0) is 42.2 Å². The van der Waals surface area contributed by atoms with E-state index < -0.39 is 10.0 Å². The van der Waals surface area contributed by atoms with Gasteiger partial charge in [-0.15, -0.1) is 0 Å². The van der Waals surface area contributed by atoms with Crippen LogP contribution in [-0.2, 0) is 22.2 Å². The second-order valence-electron chi connectivity index (χ2n) is 5.28. The van der Waals surface area contributed by atoms with E-state index in [1.165, 1.54) is 0 Å². The second kappa shape index (κ2) is 7.51. The Morgan fingerprint density at radius 1 is 1.09 bits per heavy atom. The van der Waals surface area contributed by atoms with Gasteiger partial charge in [0.1, 0.15) is 0 Å². The van der Waals surface area contributed by atoms with Gasteiger partial charge >= 0.3 is 0 Å². The van der Waals surface area contributed by atoms with Gasteiger partial charge in [-0.1, -0.05) is 31.2 Å². The van der Waals surface area contributed by atoms with E-state index in [2.05, 4.69) is 4.98 Å². The SMILES string of the molecule is CCN(CCc1ccncc1)S(=O)(=O)Cc1ccccc1C. The summed E-state index contributed by atoms with van der Waals surface area (Å²) in [4.78, 5) is 3.98. The molecule has 0 aliphatic heterocycles. The molecule has 5 heteroatoms. The van der Waals surface area contributed by atoms with Gasteiger partial charge in [0, 0.05) is 25.5 Å². The van der Waals surface area contributed by atoms with Gasteiger partial charge in [0.05, 0.1) is 5.75 Å². The Balaban J connectivity index is 2.07. The molecule has 0 aliphatic carbocycles. The van der Waals surface area contributed by atoms with E-state index in [1.807, 2.05) is 50.2 Å². The molecule has 0 radical (unpaired) electrons. The smallest absolute Gasteiger partial charge is 0.218 e. The van der Waals surface area contributed by atoms with Crippen LogP contribution in [-0.4, -0.2) is 30.8 Å². The summed E-state index contributed by atoms with van der Waals surface area (Å²) in [6.07, 6.45) is 4.16. The standard InChI is InChI=1S/C17H22N2O2S/c1-3-19(13-10-16-8-11-18-12-9-16)22(20,21)14-17-7-5-4-6-15(17)2/h4-9,11-12H,3,10,13-14H2,1-2H3. The van der Waals surface area contributed by atoms with Gasteiger partial charge in [0.15, 0.2) is 0 Å². The molecule has 0 atom stereocenters. The summed E-state index contributed by atoms with van der Waals surface area (Å²) in [5, 5.41) is 0. The van der Waals surface area contributed by atoms with E-state index in [4.69, 9.17) is 0 Å². The van der Waals surface area contributed by atoms with Crippen LogP contribution in [0.1, 0.15) is 23.6 Å². The molecule has 4 nitrogen and oxygen atoms in total. The van der Waals surface area contributed by atoms with Crippen molar-refractivity contribution in [1.29, 1.82) is 0 Å². The minimum Gasteiger partial charge on any atom is -0.265 e. The molecule has 2 rings (SSSR count). The summed E-state index contributed by atoms with van der Waals surface area (Å²) in [5.41, 5.74) is 2.97. The number of hydrogen-bond donors (Lipinski definition) is 0. The van der Waals surface area contributed by atoms with Crippen molar-refractivity contribution in [1.82, 2.24) is 9.29 Å². The average Bonchev–Trinajstić information content (AvgIpc) is 2.51. The molecule has 0 spiro atoms. The summed E-state index contributed by atoms with van der Waals surface area (Å²) in [5.74, 6) is 0.0594. The molecule has 1 aromatic carbocycles. The first kappa shape index (κ1) is 16.6. The van der Waals surface area contributed by atoms with Gasteiger partial charge in [0.2, 0.25) is 10.0 Å². The number of nitrogens with zero attached hydrogens (tertiary/aromatic N) is 2. The normalized spacial score (nSPS) is 11.8. The van der Waals surface area contributed by atoms with Crippen LogP contribution in [0.4, 0.5) is 0 Å². The molecule has 0 N–H and O–H groups in total. The van der Waals surface area contributed by atoms with Crippen molar-refractivity contribution in [3.63, 3.8) is 0 Å². The maximum Gasteiger partial charge on any atom is 0.218 e. The molecular formula is C17H22N2O2S. The number of rotatable bonds is 7. The Kier molecular flexibility index (Phi) is 5.69. The maximum absolute atomic E-state index is 12.6. The Hall–Kier alpha value is -1.72. The first-order chi connectivity index (χ1) is 10.5. The molecule has 0 bridgehead atoms. The van der Waals surface area contributed by atoms with E-state index in [1.54, 1.807) is 16.7 Å². The van der Waals surface area contributed by atoms with E-state index in [-0.39, 0.29) is 5.75 Å². The molecule has 2 aromatic rings. The monoisotopic (exact) mass is 318 g/mol. The quantitative estimate of drug-likeness (QED) is 0.789. The first-order valence-electron chi connectivity index (χ1n) is 7.44. The zero-order chi connectivity index (χ0) is 16.0. The third-order valence-electron chi connectivity index (χ3n) is 3.74. The number of sulfonamides is 1. The minimum absolute atomic E-state index is 0.0594. The van der Waals surface area contributed by atoms with Gasteiger partial charge < -0.3 is 0 Å². The van der Waals surface area contributed by atoms with Gasteiger partial charge in [-0.3, -0.25) is 4.98 Å². The topological polar surface area (TPSA) is 50.3 Å². The van der Waals surface area contributed by atoms with Gasteiger partial charge in [-0.2, -0.15) is 0 Å². The van der Waals surface area contributed by atoms with Crippen LogP contribution in [0.25, 0.3) is 0 Å². The highest BCUT2D eigenvalue weighted by Crippen LogP contribution is 2.15. The number of pyridine rings is 1. The molecule has 22 heavy (non-hydrogen) atoms. The zero-order valence-corrected chi connectivity index (χ0v) is 13.9. The Morgan fingerprint density at radius 3 is 2.41 bits per heavy atom. The lowest BCUT2D eigenvalue weighted by molar-refractivity contribution is 0.430. The average molecular weight is 318 g/mol. The van der Waals surface area contributed by atoms with Crippen molar-refractivity contribution < 1.29 is 8.42 Å². The Morgan fingerprint density at radius 2 is 1.77 bits per heavy atom. The van der Waals surface area contributed by atoms with Crippen LogP contribution in [0, 0.1) is 6.92 Å². The van der Waals surface area contributed by atoms with E-state index in [0.717, 1.165) is 16.7 Å². The molecule has 118 valence electrons. The van der Waals surface area contributed by atoms with E-state index in [9.17, 15) is 8.42 Å². The lowest BCUT2D eigenvalue weighted by Crippen LogP contribution is -2.33. The lowest BCUT2D eigenvalue weighted by Gasteiger charge is -2.21. The van der Waals surface area contributed by atoms with Crippen LogP contribution in [0.2, 0.25) is 0 Å². The van der Waals surface area contributed by atoms with Crippen LogP contribution in [0.5, 0.6) is 0 Å². The fourth-order valence-electron chi connectivity index (χ4n) is 2.36. The minimum atomic E-state index is -3.30. The highest BCUT2D eigenvalue weighted by molar-refractivity contribution is 7.88. The largest absolute Gasteiger partial charge is 0.265 e. The maximum atomic E-state index is 12.6. The summed E-state index contributed by atoms with van der Waals surface area (Å²) in [7, 11) is -3.30. The van der Waals surface area contributed by atoms with Gasteiger partial charge in [-0.25, -0.2) is 12.7 Å². The molecule has 1 heterocycles. The molecule has 1 aromatic heterocycles. The number of likely N-dealkylation sites (N-methyl/N-ethyl adjacent to an activating group) is 1. The Labute approximate surface area is 132 Å². The van der Waals surface area contributed by atoms with Crippen molar-refractivity contribution in [2.24, 2.45) is 0 Å². The van der Waals surface area contributed by atoms with Gasteiger partial charge in [0.25, 0.3) is 0 Å². The first-order valence-corrected chi connectivity index (χ1v) is 9.05. The fraction of sp³-hybridized carbons (Fsp3) is 0.353. The number of aromatic nitrogens is 1. The molecule has 0 saturated carbocycles. The molecule has 0 amide bonds. The van der Waals surface area contributed by atoms with Crippen LogP contribution >= 0.6 is 0 Å². The second-order valence-corrected chi connectivity index (χ2v) is 7.25. The van der Waals surface area contributed by atoms with Crippen molar-refractivity contribution in [2.45, 2.75) is 26.0 Å². The molecule has 0 aliphatic rings. The zero-order valence-electron chi connectivity index (χ0n) is 13.1. The van der Waals surface area contributed by atoms with E-state index >= 15 is 0 Å². The number of aryl methyl sites for hydroxylation is 1. The number of benzene rings is 1.